The molecule has 0 unspecified atom stereocenters. The molecule has 66 valence electrons. The van der Waals surface area contributed by atoms with Crippen molar-refractivity contribution in [1.82, 2.24) is 0 Å². The summed E-state index contributed by atoms with van der Waals surface area (Å²) in [6.45, 7) is 3.74. The summed E-state index contributed by atoms with van der Waals surface area (Å²) in [5, 5.41) is 0. The van der Waals surface area contributed by atoms with Crippen LogP contribution in [0.1, 0.15) is 13.8 Å². The van der Waals surface area contributed by atoms with Crippen LogP contribution in [0.25, 0.3) is 0 Å². The van der Waals surface area contributed by atoms with Gasteiger partial charge in [-0.15, -0.1) is 0 Å². The smallest absolute Gasteiger partial charge is 0.333 e. The van der Waals surface area contributed by atoms with Crippen molar-refractivity contribution in [3.8, 4) is 0 Å². The molecule has 0 amide bonds. The Hall–Kier alpha value is -1.38. The molecule has 0 aliphatic rings. The maximum absolute atomic E-state index is 10.9. The minimum atomic E-state index is -0.354. The normalized spacial score (nSPS) is 11.7. The zero-order chi connectivity index (χ0) is 9.40. The molecule has 0 saturated heterocycles. The van der Waals surface area contributed by atoms with E-state index in [1.54, 1.807) is 13.8 Å². The molecule has 12 heavy (non-hydrogen) atoms. The molecule has 0 aromatic carbocycles. The maximum Gasteiger partial charge on any atom is 0.333 e. The average molecular weight is 169 g/mol. The minimum Gasteiger partial charge on any atom is -0.463 e. The van der Waals surface area contributed by atoms with Crippen molar-refractivity contribution in [2.75, 3.05) is 6.61 Å². The van der Waals surface area contributed by atoms with Crippen molar-refractivity contribution in [3.63, 3.8) is 0 Å². The van der Waals surface area contributed by atoms with Crippen LogP contribution < -0.4 is 0 Å². The molecule has 0 aliphatic carbocycles. The van der Waals surface area contributed by atoms with Crippen LogP contribution in [0.15, 0.2) is 23.8 Å². The van der Waals surface area contributed by atoms with E-state index in [4.69, 9.17) is 4.74 Å². The van der Waals surface area contributed by atoms with Gasteiger partial charge in [0.1, 0.15) is 6.29 Å². The number of carbonyl (C=O) groups is 2. The summed E-state index contributed by atoms with van der Waals surface area (Å²) in [6, 6.07) is 0. The van der Waals surface area contributed by atoms with Gasteiger partial charge in [0.25, 0.3) is 0 Å². The lowest BCUT2D eigenvalue weighted by molar-refractivity contribution is -0.138. The summed E-state index contributed by atoms with van der Waals surface area (Å²) in [7, 11) is 0. The molecule has 0 heterocycles. The van der Waals surface area contributed by atoms with Crippen molar-refractivity contribution in [1.29, 1.82) is 0 Å². The van der Waals surface area contributed by atoms with E-state index in [1.165, 1.54) is 18.2 Å². The first-order valence-electron chi connectivity index (χ1n) is 3.68. The lowest BCUT2D eigenvalue weighted by atomic mass is 10.4. The molecule has 0 saturated carbocycles. The van der Waals surface area contributed by atoms with Gasteiger partial charge in [-0.1, -0.05) is 12.2 Å². The number of hydrogen-bond donors (Lipinski definition) is 0. The molecule has 0 aromatic heterocycles. The number of allylic oxidation sites excluding steroid dienone is 3. The number of hydrogen-bond acceptors (Lipinski definition) is 3. The van der Waals surface area contributed by atoms with Crippen molar-refractivity contribution in [2.45, 2.75) is 13.8 Å². The number of esters is 1. The summed E-state index contributed by atoms with van der Waals surface area (Å²) in [5.74, 6) is -0.354. The SMILES string of the molecule is CCO[13C](=O)C(C)=CC=CC=O. The fraction of sp³-hybridized carbons (Fsp3) is 0.333. The topological polar surface area (TPSA) is 43.4 Å². The Labute approximate surface area is 71.7 Å². The summed E-state index contributed by atoms with van der Waals surface area (Å²) in [6.07, 6.45) is 4.99. The third-order valence-corrected chi connectivity index (χ3v) is 1.13. The van der Waals surface area contributed by atoms with E-state index in [0.717, 1.165) is 0 Å². The zero-order valence-corrected chi connectivity index (χ0v) is 7.24. The Morgan fingerprint density at radius 2 is 2.08 bits per heavy atom. The number of aldehydes is 1. The predicted molar refractivity (Wildman–Crippen MR) is 45.6 cm³/mol. The van der Waals surface area contributed by atoms with Crippen LogP contribution in [0, 0.1) is 0 Å². The quantitative estimate of drug-likeness (QED) is 0.209. The molecule has 3 nitrogen and oxygen atoms in total. The summed E-state index contributed by atoms with van der Waals surface area (Å²) >= 11 is 0. The second-order valence-electron chi connectivity index (χ2n) is 2.09. The largest absolute Gasteiger partial charge is 0.463 e. The van der Waals surface area contributed by atoms with Crippen LogP contribution in [0.5, 0.6) is 0 Å². The van der Waals surface area contributed by atoms with E-state index >= 15 is 0 Å². The van der Waals surface area contributed by atoms with Crippen molar-refractivity contribution in [2.24, 2.45) is 0 Å². The molecule has 0 bridgehead atoms. The van der Waals surface area contributed by atoms with Crippen molar-refractivity contribution < 1.29 is 14.3 Å². The van der Waals surface area contributed by atoms with E-state index < -0.39 is 0 Å². The molecule has 0 fully saturated rings. The number of ether oxygens (including phenoxy) is 1. The van der Waals surface area contributed by atoms with E-state index in [1.807, 2.05) is 0 Å². The third kappa shape index (κ3) is 4.44. The molecule has 0 spiro atoms. The summed E-state index contributed by atoms with van der Waals surface area (Å²) in [5.41, 5.74) is 0.481. The summed E-state index contributed by atoms with van der Waals surface area (Å²) < 4.78 is 4.70. The monoisotopic (exact) mass is 169 g/mol. The van der Waals surface area contributed by atoms with Gasteiger partial charge in [0, 0.05) is 5.57 Å². The Kier molecular flexibility index (Phi) is 5.61. The van der Waals surface area contributed by atoms with Crippen molar-refractivity contribution in [3.05, 3.63) is 23.8 Å². The molecule has 0 atom stereocenters. The lowest BCUT2D eigenvalue weighted by Gasteiger charge is -1.98. The van der Waals surface area contributed by atoms with Gasteiger partial charge in [0.05, 0.1) is 6.61 Å². The first-order valence-corrected chi connectivity index (χ1v) is 3.68. The Morgan fingerprint density at radius 1 is 1.42 bits per heavy atom. The van der Waals surface area contributed by atoms with Gasteiger partial charge in [-0.25, -0.2) is 4.79 Å². The van der Waals surface area contributed by atoms with E-state index in [9.17, 15) is 9.59 Å². The zero-order valence-electron chi connectivity index (χ0n) is 7.24. The fourth-order valence-electron chi connectivity index (χ4n) is 0.558. The Bertz CT molecular complexity index is 214. The molecular formula is C9H12O3. The van der Waals surface area contributed by atoms with E-state index in [0.29, 0.717) is 18.5 Å². The van der Waals surface area contributed by atoms with Gasteiger partial charge in [-0.05, 0) is 19.9 Å². The van der Waals surface area contributed by atoms with Gasteiger partial charge in [-0.2, -0.15) is 0 Å². The first kappa shape index (κ1) is 10.6. The van der Waals surface area contributed by atoms with Gasteiger partial charge in [0.2, 0.25) is 0 Å². The van der Waals surface area contributed by atoms with Gasteiger partial charge < -0.3 is 4.74 Å². The second-order valence-corrected chi connectivity index (χ2v) is 2.09. The molecule has 0 aromatic rings. The van der Waals surface area contributed by atoms with Gasteiger partial charge in [0.15, 0.2) is 0 Å². The molecular weight excluding hydrogens is 157 g/mol. The van der Waals surface area contributed by atoms with E-state index in [-0.39, 0.29) is 5.97 Å². The van der Waals surface area contributed by atoms with Crippen LogP contribution in [-0.2, 0) is 14.3 Å². The Balaban J connectivity index is 4.07. The van der Waals surface area contributed by atoms with Crippen molar-refractivity contribution >= 4 is 12.3 Å². The van der Waals surface area contributed by atoms with E-state index in [2.05, 4.69) is 0 Å². The predicted octanol–water partition coefficient (Wildman–Crippen LogP) is 1.25. The highest BCUT2D eigenvalue weighted by Crippen LogP contribution is 1.96. The van der Waals surface area contributed by atoms with Gasteiger partial charge in [-0.3, -0.25) is 4.79 Å². The maximum atomic E-state index is 10.9. The third-order valence-electron chi connectivity index (χ3n) is 1.13. The number of rotatable bonds is 4. The van der Waals surface area contributed by atoms with Crippen LogP contribution >= 0.6 is 0 Å². The molecule has 0 radical (unpaired) electrons. The number of carbonyl (C=O) groups excluding carboxylic acids is 2. The average Bonchev–Trinajstić information content (AvgIpc) is 2.05. The summed E-state index contributed by atoms with van der Waals surface area (Å²) in [4.78, 5) is 20.8. The molecule has 0 rings (SSSR count). The van der Waals surface area contributed by atoms with Crippen LogP contribution in [-0.4, -0.2) is 18.9 Å². The first-order chi connectivity index (χ1) is 5.72. The fourth-order valence-corrected chi connectivity index (χ4v) is 0.558. The highest BCUT2D eigenvalue weighted by Gasteiger charge is 2.01. The van der Waals surface area contributed by atoms with Gasteiger partial charge >= 0.3 is 5.97 Å². The second kappa shape index (κ2) is 6.34. The Morgan fingerprint density at radius 3 is 2.58 bits per heavy atom. The van der Waals surface area contributed by atoms with Crippen LogP contribution in [0.2, 0.25) is 0 Å². The highest BCUT2D eigenvalue weighted by molar-refractivity contribution is 5.88. The van der Waals surface area contributed by atoms with Crippen LogP contribution in [0.3, 0.4) is 0 Å². The molecule has 3 heteroatoms. The lowest BCUT2D eigenvalue weighted by Crippen LogP contribution is -2.04. The highest BCUT2D eigenvalue weighted by atomic mass is 16.6. The molecule has 0 N–H and O–H groups in total. The minimum absolute atomic E-state index is 0.354. The standard InChI is InChI=1S/C9H12O3/c1-3-12-9(11)8(2)6-4-5-7-10/h4-7H,3H2,1-2H3/i9+1. The van der Waals surface area contributed by atoms with Crippen LogP contribution in [0.4, 0.5) is 0 Å². The molecule has 0 aliphatic heterocycles.